The first-order valence-electron chi connectivity index (χ1n) is 12.0. The molecule has 4 heterocycles. The lowest BCUT2D eigenvalue weighted by Crippen LogP contribution is -2.46. The van der Waals surface area contributed by atoms with Crippen LogP contribution in [-0.2, 0) is 13.1 Å². The lowest BCUT2D eigenvalue weighted by atomic mass is 10.00. The van der Waals surface area contributed by atoms with Crippen LogP contribution in [0.2, 0.25) is 0 Å². The van der Waals surface area contributed by atoms with E-state index in [4.69, 9.17) is 0 Å². The molecule has 8 rings (SSSR count). The van der Waals surface area contributed by atoms with Crippen molar-refractivity contribution in [2.24, 2.45) is 0 Å². The van der Waals surface area contributed by atoms with Gasteiger partial charge < -0.3 is 19.6 Å². The first-order valence-corrected chi connectivity index (χ1v) is 13.6. The van der Waals surface area contributed by atoms with E-state index in [1.165, 1.54) is 64.8 Å². The zero-order valence-corrected chi connectivity index (χ0v) is 21.3. The summed E-state index contributed by atoms with van der Waals surface area (Å²) in [5.41, 5.74) is 10.8. The predicted octanol–water partition coefficient (Wildman–Crippen LogP) is 7.45. The van der Waals surface area contributed by atoms with Crippen molar-refractivity contribution in [2.45, 2.75) is 32.7 Å². The largest absolute Gasteiger partial charge is 0.349 e. The molecule has 172 valence electrons. The number of fused-ring (bicyclic) bond motifs is 10. The summed E-state index contributed by atoms with van der Waals surface area (Å²) in [6, 6.07) is 27.1. The van der Waals surface area contributed by atoms with Gasteiger partial charge in [-0.15, -0.1) is 0 Å². The van der Waals surface area contributed by atoms with Gasteiger partial charge in [0.15, 0.2) is 0 Å². The Labute approximate surface area is 214 Å². The lowest BCUT2D eigenvalue weighted by Gasteiger charge is -2.46. The van der Waals surface area contributed by atoms with Crippen molar-refractivity contribution < 1.29 is 0 Å². The van der Waals surface area contributed by atoms with E-state index in [0.29, 0.717) is 0 Å². The van der Waals surface area contributed by atoms with Crippen LogP contribution in [-0.4, -0.2) is 20.8 Å². The Morgan fingerprint density at radius 1 is 0.514 bits per heavy atom. The summed E-state index contributed by atoms with van der Waals surface area (Å²) in [4.78, 5) is 15.2. The molecule has 0 atom stereocenters. The standard InChI is InChI=1S/C29H24N4S2/c1-30-20-7-3-5-9-26(20)34-28-11-18-15-33-17-32(22(18)13-24(28)30)16-19-12-29-25(14-23(19)33)31(2)21-8-4-6-10-27(21)35-29/h3-14H,15-17H2,1-2H3. The Balaban J connectivity index is 1.20. The highest BCUT2D eigenvalue weighted by molar-refractivity contribution is 8.00. The second-order valence-corrected chi connectivity index (χ2v) is 11.9. The summed E-state index contributed by atoms with van der Waals surface area (Å²) in [6.07, 6.45) is 0. The van der Waals surface area contributed by atoms with Gasteiger partial charge in [0.1, 0.15) is 0 Å². The molecule has 0 spiro atoms. The molecule has 0 unspecified atom stereocenters. The Morgan fingerprint density at radius 3 is 1.46 bits per heavy atom. The first-order chi connectivity index (χ1) is 17.1. The molecule has 6 heteroatoms. The molecule has 0 saturated carbocycles. The zero-order chi connectivity index (χ0) is 23.3. The van der Waals surface area contributed by atoms with Gasteiger partial charge in [-0.25, -0.2) is 0 Å². The topological polar surface area (TPSA) is 13.0 Å². The highest BCUT2D eigenvalue weighted by Crippen LogP contribution is 2.53. The summed E-state index contributed by atoms with van der Waals surface area (Å²) in [6.45, 7) is 2.84. The summed E-state index contributed by atoms with van der Waals surface area (Å²) in [5.74, 6) is 0. The van der Waals surface area contributed by atoms with Crippen molar-refractivity contribution in [3.63, 3.8) is 0 Å². The number of para-hydroxylation sites is 2. The van der Waals surface area contributed by atoms with Gasteiger partial charge in [-0.05, 0) is 59.7 Å². The van der Waals surface area contributed by atoms with Crippen LogP contribution in [0.1, 0.15) is 11.1 Å². The molecule has 4 aliphatic rings. The minimum atomic E-state index is 0.943. The second kappa shape index (κ2) is 7.15. The number of rotatable bonds is 0. The molecule has 0 amide bonds. The fraction of sp³-hybridized carbons (Fsp3) is 0.172. The minimum absolute atomic E-state index is 0.943. The van der Waals surface area contributed by atoms with E-state index in [0.717, 1.165) is 19.8 Å². The molecular formula is C29H24N4S2. The summed E-state index contributed by atoms with van der Waals surface area (Å²) < 4.78 is 0. The fourth-order valence-corrected chi connectivity index (χ4v) is 8.30. The fourth-order valence-electron chi connectivity index (χ4n) is 5.91. The van der Waals surface area contributed by atoms with E-state index in [-0.39, 0.29) is 0 Å². The number of anilines is 6. The molecule has 2 bridgehead atoms. The third kappa shape index (κ3) is 2.84. The van der Waals surface area contributed by atoms with Gasteiger partial charge >= 0.3 is 0 Å². The number of hydrogen-bond donors (Lipinski definition) is 0. The average molecular weight is 493 g/mol. The lowest BCUT2D eigenvalue weighted by molar-refractivity contribution is 0.648. The van der Waals surface area contributed by atoms with Crippen LogP contribution < -0.4 is 19.6 Å². The summed E-state index contributed by atoms with van der Waals surface area (Å²) >= 11 is 3.79. The molecule has 0 saturated heterocycles. The van der Waals surface area contributed by atoms with E-state index < -0.39 is 0 Å². The molecule has 4 nitrogen and oxygen atoms in total. The van der Waals surface area contributed by atoms with Crippen molar-refractivity contribution >= 4 is 57.6 Å². The van der Waals surface area contributed by atoms with E-state index in [1.807, 2.05) is 23.5 Å². The molecule has 0 aliphatic carbocycles. The van der Waals surface area contributed by atoms with Crippen molar-refractivity contribution in [3.05, 3.63) is 83.9 Å². The zero-order valence-electron chi connectivity index (χ0n) is 19.7. The quantitative estimate of drug-likeness (QED) is 0.251. The van der Waals surface area contributed by atoms with E-state index in [1.54, 1.807) is 0 Å². The molecule has 35 heavy (non-hydrogen) atoms. The third-order valence-electron chi connectivity index (χ3n) is 7.68. The summed E-state index contributed by atoms with van der Waals surface area (Å²) in [5, 5.41) is 0. The smallest absolute Gasteiger partial charge is 0.0910 e. The van der Waals surface area contributed by atoms with Crippen molar-refractivity contribution in [2.75, 3.05) is 40.4 Å². The maximum Gasteiger partial charge on any atom is 0.0910 e. The van der Waals surface area contributed by atoms with Gasteiger partial charge in [0, 0.05) is 58.1 Å². The van der Waals surface area contributed by atoms with E-state index in [9.17, 15) is 0 Å². The van der Waals surface area contributed by atoms with Crippen LogP contribution in [0.3, 0.4) is 0 Å². The van der Waals surface area contributed by atoms with Crippen molar-refractivity contribution in [1.82, 2.24) is 0 Å². The number of hydrogen-bond acceptors (Lipinski definition) is 6. The molecule has 0 radical (unpaired) electrons. The molecule has 0 fully saturated rings. The normalized spacial score (nSPS) is 16.6. The van der Waals surface area contributed by atoms with Crippen LogP contribution in [0.4, 0.5) is 34.1 Å². The molecular weight excluding hydrogens is 468 g/mol. The van der Waals surface area contributed by atoms with Crippen LogP contribution in [0.25, 0.3) is 0 Å². The number of nitrogens with zero attached hydrogens (tertiary/aromatic N) is 4. The van der Waals surface area contributed by atoms with Gasteiger partial charge in [-0.1, -0.05) is 47.8 Å². The average Bonchev–Trinajstić information content (AvgIpc) is 2.88. The molecule has 4 aliphatic heterocycles. The third-order valence-corrected chi connectivity index (χ3v) is 9.91. The monoisotopic (exact) mass is 492 g/mol. The highest BCUT2D eigenvalue weighted by atomic mass is 32.2. The summed E-state index contributed by atoms with van der Waals surface area (Å²) in [7, 11) is 4.39. The highest BCUT2D eigenvalue weighted by Gasteiger charge is 2.34. The molecule has 4 aromatic rings. The second-order valence-electron chi connectivity index (χ2n) is 9.69. The van der Waals surface area contributed by atoms with Crippen molar-refractivity contribution in [3.8, 4) is 0 Å². The first kappa shape index (κ1) is 20.0. The van der Waals surface area contributed by atoms with E-state index in [2.05, 4.69) is 106 Å². The van der Waals surface area contributed by atoms with Gasteiger partial charge in [-0.3, -0.25) is 0 Å². The minimum Gasteiger partial charge on any atom is -0.349 e. The van der Waals surface area contributed by atoms with Crippen LogP contribution >= 0.6 is 23.5 Å². The Hall–Kier alpha value is -3.22. The Kier molecular flexibility index (Phi) is 4.09. The van der Waals surface area contributed by atoms with Gasteiger partial charge in [0.25, 0.3) is 0 Å². The maximum atomic E-state index is 2.55. The van der Waals surface area contributed by atoms with Gasteiger partial charge in [0.05, 0.1) is 29.4 Å². The van der Waals surface area contributed by atoms with Crippen LogP contribution in [0.15, 0.2) is 92.4 Å². The van der Waals surface area contributed by atoms with Crippen LogP contribution in [0.5, 0.6) is 0 Å². The van der Waals surface area contributed by atoms with Crippen LogP contribution in [0, 0.1) is 0 Å². The Morgan fingerprint density at radius 2 is 0.971 bits per heavy atom. The Bertz CT molecular complexity index is 1430. The maximum absolute atomic E-state index is 2.55. The molecule has 0 N–H and O–H groups in total. The van der Waals surface area contributed by atoms with E-state index >= 15 is 0 Å². The van der Waals surface area contributed by atoms with Gasteiger partial charge in [0.2, 0.25) is 0 Å². The van der Waals surface area contributed by atoms with Gasteiger partial charge in [-0.2, -0.15) is 0 Å². The SMILES string of the molecule is CN1c2ccccc2Sc2cc3c(cc21)N1Cc2cc4c(cc2N(C3)C1)N(C)c1ccccc1S4. The predicted molar refractivity (Wildman–Crippen MR) is 147 cm³/mol. The van der Waals surface area contributed by atoms with Crippen molar-refractivity contribution in [1.29, 1.82) is 0 Å². The molecule has 0 aromatic heterocycles. The molecule has 4 aromatic carbocycles. The number of benzene rings is 4.